The molecule has 0 atom stereocenters. The second-order valence-corrected chi connectivity index (χ2v) is 7.44. The molecule has 176 valence electrons. The summed E-state index contributed by atoms with van der Waals surface area (Å²) < 4.78 is 26.3. The van der Waals surface area contributed by atoms with E-state index in [2.05, 4.69) is 0 Å². The molecule has 1 aliphatic heterocycles. The number of hydrogen-bond acceptors (Lipinski definition) is 7. The van der Waals surface area contributed by atoms with E-state index in [4.69, 9.17) is 23.7 Å². The van der Waals surface area contributed by atoms with Gasteiger partial charge in [-0.25, -0.2) is 9.59 Å². The molecule has 1 saturated heterocycles. The average Bonchev–Trinajstić information content (AvgIpc) is 3.24. The number of rotatable bonds is 9. The molecule has 0 saturated carbocycles. The normalized spacial score (nSPS) is 13.5. The smallest absolute Gasteiger partial charge is 0.409 e. The second kappa shape index (κ2) is 10.8. The lowest BCUT2D eigenvalue weighted by Crippen LogP contribution is -2.24. The first-order chi connectivity index (χ1) is 15.9. The molecule has 1 heterocycles. The SMILES string of the molecule is COC(=O)c1cc(/C(=C/CCN2CCOC2=O)c2ccc(OC)c(OC)c2)cc(C)c1OC. The summed E-state index contributed by atoms with van der Waals surface area (Å²) in [5, 5.41) is 0. The Hall–Kier alpha value is -3.68. The maximum absolute atomic E-state index is 12.4. The largest absolute Gasteiger partial charge is 0.496 e. The van der Waals surface area contributed by atoms with Crippen molar-refractivity contribution in [2.75, 3.05) is 48.1 Å². The molecular weight excluding hydrogens is 426 g/mol. The number of nitrogens with zero attached hydrogens (tertiary/aromatic N) is 1. The molecule has 1 aliphatic rings. The van der Waals surface area contributed by atoms with Crippen molar-refractivity contribution in [1.29, 1.82) is 0 Å². The Morgan fingerprint density at radius 1 is 1.03 bits per heavy atom. The van der Waals surface area contributed by atoms with Crippen molar-refractivity contribution >= 4 is 17.6 Å². The number of carbonyl (C=O) groups is 2. The molecule has 3 rings (SSSR count). The van der Waals surface area contributed by atoms with Crippen LogP contribution in [-0.2, 0) is 9.47 Å². The predicted octanol–water partition coefficient (Wildman–Crippen LogP) is 4.08. The van der Waals surface area contributed by atoms with Crippen LogP contribution in [-0.4, -0.2) is 65.1 Å². The fraction of sp³-hybridized carbons (Fsp3) is 0.360. The van der Waals surface area contributed by atoms with E-state index in [1.54, 1.807) is 25.2 Å². The van der Waals surface area contributed by atoms with Crippen molar-refractivity contribution in [3.63, 3.8) is 0 Å². The summed E-state index contributed by atoms with van der Waals surface area (Å²) in [7, 11) is 6.02. The Labute approximate surface area is 193 Å². The first-order valence-corrected chi connectivity index (χ1v) is 10.5. The fourth-order valence-corrected chi connectivity index (χ4v) is 3.86. The Bertz CT molecular complexity index is 1060. The zero-order valence-electron chi connectivity index (χ0n) is 19.6. The zero-order valence-corrected chi connectivity index (χ0v) is 19.6. The summed E-state index contributed by atoms with van der Waals surface area (Å²) in [6.45, 7) is 3.38. The topological polar surface area (TPSA) is 83.5 Å². The minimum absolute atomic E-state index is 0.302. The quantitative estimate of drug-likeness (QED) is 0.527. The van der Waals surface area contributed by atoms with E-state index < -0.39 is 5.97 Å². The highest BCUT2D eigenvalue weighted by molar-refractivity contribution is 5.95. The standard InChI is InChI=1S/C25H29NO7/c1-16-13-18(14-20(23(16)31-4)24(27)32-5)19(7-6-10-26-11-12-33-25(26)28)17-8-9-21(29-2)22(15-17)30-3/h7-9,13-15H,6,10-12H2,1-5H3/b19-7+. The van der Waals surface area contributed by atoms with Crippen LogP contribution in [0, 0.1) is 6.92 Å². The van der Waals surface area contributed by atoms with Crippen molar-refractivity contribution in [3.8, 4) is 17.2 Å². The molecule has 0 spiro atoms. The van der Waals surface area contributed by atoms with Gasteiger partial charge in [0.05, 0.1) is 35.0 Å². The number of aryl methyl sites for hydroxylation is 1. The third-order valence-electron chi connectivity index (χ3n) is 5.48. The van der Waals surface area contributed by atoms with Crippen molar-refractivity contribution in [3.05, 3.63) is 58.7 Å². The molecule has 1 fully saturated rings. The van der Waals surface area contributed by atoms with Gasteiger partial charge < -0.3 is 28.6 Å². The highest BCUT2D eigenvalue weighted by Gasteiger charge is 2.22. The Morgan fingerprint density at radius 3 is 2.39 bits per heavy atom. The number of amides is 1. The van der Waals surface area contributed by atoms with E-state index in [-0.39, 0.29) is 6.09 Å². The molecule has 0 aromatic heterocycles. The predicted molar refractivity (Wildman–Crippen MR) is 123 cm³/mol. The lowest BCUT2D eigenvalue weighted by Gasteiger charge is -2.17. The molecule has 2 aromatic carbocycles. The fourth-order valence-electron chi connectivity index (χ4n) is 3.86. The highest BCUT2D eigenvalue weighted by Crippen LogP contribution is 2.36. The van der Waals surface area contributed by atoms with E-state index >= 15 is 0 Å². The van der Waals surface area contributed by atoms with Gasteiger partial charge in [-0.3, -0.25) is 0 Å². The van der Waals surface area contributed by atoms with Gasteiger partial charge in [0.2, 0.25) is 0 Å². The van der Waals surface area contributed by atoms with E-state index in [0.29, 0.717) is 48.9 Å². The van der Waals surface area contributed by atoms with Crippen molar-refractivity contribution in [2.45, 2.75) is 13.3 Å². The maximum atomic E-state index is 12.4. The van der Waals surface area contributed by atoms with Crippen LogP contribution in [0.25, 0.3) is 5.57 Å². The molecular formula is C25H29NO7. The number of ether oxygens (including phenoxy) is 5. The van der Waals surface area contributed by atoms with E-state index in [0.717, 1.165) is 22.3 Å². The van der Waals surface area contributed by atoms with Crippen LogP contribution in [0.3, 0.4) is 0 Å². The van der Waals surface area contributed by atoms with Crippen molar-refractivity contribution in [2.24, 2.45) is 0 Å². The van der Waals surface area contributed by atoms with Crippen LogP contribution in [0.2, 0.25) is 0 Å². The second-order valence-electron chi connectivity index (χ2n) is 7.44. The first-order valence-electron chi connectivity index (χ1n) is 10.5. The zero-order chi connectivity index (χ0) is 24.0. The van der Waals surface area contributed by atoms with Gasteiger partial charge in [-0.15, -0.1) is 0 Å². The Kier molecular flexibility index (Phi) is 7.82. The molecule has 0 aliphatic carbocycles. The number of carbonyl (C=O) groups excluding carboxylic acids is 2. The Morgan fingerprint density at radius 2 is 1.79 bits per heavy atom. The van der Waals surface area contributed by atoms with Gasteiger partial charge in [0.25, 0.3) is 0 Å². The third kappa shape index (κ3) is 5.22. The summed E-state index contributed by atoms with van der Waals surface area (Å²) in [6.07, 6.45) is 2.33. The number of esters is 1. The van der Waals surface area contributed by atoms with Gasteiger partial charge in [-0.05, 0) is 59.9 Å². The molecule has 8 heteroatoms. The summed E-state index contributed by atoms with van der Waals surface area (Å²) >= 11 is 0. The third-order valence-corrected chi connectivity index (χ3v) is 5.48. The molecule has 0 N–H and O–H groups in total. The minimum atomic E-state index is -0.483. The molecule has 2 aromatic rings. The van der Waals surface area contributed by atoms with E-state index in [1.165, 1.54) is 14.2 Å². The lowest BCUT2D eigenvalue weighted by molar-refractivity contribution is 0.0596. The number of hydrogen-bond donors (Lipinski definition) is 0. The van der Waals surface area contributed by atoms with Gasteiger partial charge in [0.1, 0.15) is 17.9 Å². The van der Waals surface area contributed by atoms with Crippen molar-refractivity contribution in [1.82, 2.24) is 4.90 Å². The van der Waals surface area contributed by atoms with Crippen LogP contribution in [0.15, 0.2) is 36.4 Å². The van der Waals surface area contributed by atoms with Gasteiger partial charge >= 0.3 is 12.1 Å². The van der Waals surface area contributed by atoms with Gasteiger partial charge in [0, 0.05) is 6.54 Å². The summed E-state index contributed by atoms with van der Waals surface area (Å²) in [5.74, 6) is 1.18. The summed E-state index contributed by atoms with van der Waals surface area (Å²) in [4.78, 5) is 25.9. The average molecular weight is 456 g/mol. The number of benzene rings is 2. The lowest BCUT2D eigenvalue weighted by atomic mass is 9.93. The number of cyclic esters (lactones) is 1. The van der Waals surface area contributed by atoms with E-state index in [9.17, 15) is 9.59 Å². The Balaban J connectivity index is 2.08. The van der Waals surface area contributed by atoms with Crippen molar-refractivity contribution < 1.29 is 33.3 Å². The monoisotopic (exact) mass is 455 g/mol. The molecule has 33 heavy (non-hydrogen) atoms. The highest BCUT2D eigenvalue weighted by atomic mass is 16.6. The first kappa shape index (κ1) is 24.0. The van der Waals surface area contributed by atoms with Crippen LogP contribution >= 0.6 is 0 Å². The summed E-state index contributed by atoms with van der Waals surface area (Å²) in [6, 6.07) is 9.35. The van der Waals surface area contributed by atoms with Gasteiger partial charge in [-0.2, -0.15) is 0 Å². The van der Waals surface area contributed by atoms with Crippen LogP contribution in [0.1, 0.15) is 33.5 Å². The van der Waals surface area contributed by atoms with Crippen LogP contribution < -0.4 is 14.2 Å². The summed E-state index contributed by atoms with van der Waals surface area (Å²) in [5.41, 5.74) is 3.69. The molecule has 0 unspecified atom stereocenters. The van der Waals surface area contributed by atoms with Gasteiger partial charge in [0.15, 0.2) is 11.5 Å². The minimum Gasteiger partial charge on any atom is -0.496 e. The number of methoxy groups -OCH3 is 4. The van der Waals surface area contributed by atoms with E-state index in [1.807, 2.05) is 37.3 Å². The maximum Gasteiger partial charge on any atom is 0.409 e. The van der Waals surface area contributed by atoms with Crippen LogP contribution in [0.4, 0.5) is 4.79 Å². The van der Waals surface area contributed by atoms with Crippen LogP contribution in [0.5, 0.6) is 17.2 Å². The molecule has 0 radical (unpaired) electrons. The van der Waals surface area contributed by atoms with Gasteiger partial charge in [-0.1, -0.05) is 12.1 Å². The molecule has 0 bridgehead atoms. The molecule has 1 amide bonds. The molecule has 8 nitrogen and oxygen atoms in total.